The summed E-state index contributed by atoms with van der Waals surface area (Å²) in [5.74, 6) is -0.850. The number of hydrogen-bond acceptors (Lipinski definition) is 4. The number of aliphatic carboxylic acids is 1. The van der Waals surface area contributed by atoms with Crippen LogP contribution in [0, 0.1) is 0 Å². The van der Waals surface area contributed by atoms with Crippen LogP contribution in [0.2, 0.25) is 0 Å². The van der Waals surface area contributed by atoms with Gasteiger partial charge in [-0.15, -0.1) is 0 Å². The molecule has 0 spiro atoms. The van der Waals surface area contributed by atoms with Crippen LogP contribution in [0.15, 0.2) is 42.7 Å². The minimum Gasteiger partial charge on any atom is -0.481 e. The van der Waals surface area contributed by atoms with Crippen molar-refractivity contribution in [2.45, 2.75) is 25.3 Å². The fraction of sp³-hybridized carbons (Fsp3) is 0.450. The lowest BCUT2D eigenvalue weighted by atomic mass is 10.0. The Morgan fingerprint density at radius 3 is 2.50 bits per heavy atom. The molecular weight excluding hydrogens is 358 g/mol. The minimum atomic E-state index is -0.850. The molecule has 2 N–H and O–H groups in total. The van der Waals surface area contributed by atoms with Crippen molar-refractivity contribution in [2.75, 3.05) is 31.1 Å². The number of piperazine rings is 1. The predicted molar refractivity (Wildman–Crippen MR) is 106 cm³/mol. The van der Waals surface area contributed by atoms with E-state index in [1.165, 1.54) is 0 Å². The molecule has 1 unspecified atom stereocenters. The molecule has 2 aromatic rings. The van der Waals surface area contributed by atoms with E-state index in [4.69, 9.17) is 5.11 Å². The van der Waals surface area contributed by atoms with Crippen LogP contribution in [0.1, 0.15) is 18.4 Å². The number of aryl methyl sites for hydroxylation is 1. The van der Waals surface area contributed by atoms with Gasteiger partial charge in [-0.2, -0.15) is 5.10 Å². The molecule has 0 aliphatic carbocycles. The Labute approximate surface area is 164 Å². The Kier molecular flexibility index (Phi) is 6.52. The smallest absolute Gasteiger partial charge is 0.317 e. The van der Waals surface area contributed by atoms with Crippen molar-refractivity contribution in [3.63, 3.8) is 0 Å². The van der Waals surface area contributed by atoms with Crippen LogP contribution >= 0.6 is 0 Å². The Hall–Kier alpha value is -3.03. The Morgan fingerprint density at radius 2 is 1.89 bits per heavy atom. The average molecular weight is 385 g/mol. The fourth-order valence-corrected chi connectivity index (χ4v) is 3.43. The van der Waals surface area contributed by atoms with Crippen LogP contribution < -0.4 is 10.2 Å². The molecule has 2 heterocycles. The third-order valence-corrected chi connectivity index (χ3v) is 4.98. The Bertz CT molecular complexity index is 784. The second kappa shape index (κ2) is 9.25. The van der Waals surface area contributed by atoms with E-state index in [9.17, 15) is 9.59 Å². The molecule has 150 valence electrons. The van der Waals surface area contributed by atoms with E-state index in [1.54, 1.807) is 9.58 Å². The number of hydrogen-bond donors (Lipinski definition) is 2. The number of carboxylic acid groups (broad SMARTS) is 1. The lowest BCUT2D eigenvalue weighted by Gasteiger charge is -2.36. The number of carbonyl (C=O) groups excluding carboxylic acids is 1. The molecule has 1 aromatic heterocycles. The van der Waals surface area contributed by atoms with Gasteiger partial charge >= 0.3 is 12.0 Å². The quantitative estimate of drug-likeness (QED) is 0.757. The summed E-state index contributed by atoms with van der Waals surface area (Å²) < 4.78 is 1.77. The summed E-state index contributed by atoms with van der Waals surface area (Å²) in [5.41, 5.74) is 2.14. The zero-order valence-corrected chi connectivity index (χ0v) is 16.1. The van der Waals surface area contributed by atoms with E-state index in [2.05, 4.69) is 15.3 Å². The monoisotopic (exact) mass is 385 g/mol. The molecule has 1 saturated heterocycles. The van der Waals surface area contributed by atoms with Crippen molar-refractivity contribution in [3.8, 4) is 0 Å². The first-order valence-electron chi connectivity index (χ1n) is 9.56. The summed E-state index contributed by atoms with van der Waals surface area (Å²) in [4.78, 5) is 27.7. The lowest BCUT2D eigenvalue weighted by Crippen LogP contribution is -2.53. The van der Waals surface area contributed by atoms with Crippen LogP contribution in [0.3, 0.4) is 0 Å². The molecule has 0 saturated carbocycles. The lowest BCUT2D eigenvalue weighted by molar-refractivity contribution is -0.137. The second-order valence-electron chi connectivity index (χ2n) is 7.11. The van der Waals surface area contributed by atoms with Crippen molar-refractivity contribution in [3.05, 3.63) is 48.3 Å². The molecule has 0 radical (unpaired) electrons. The van der Waals surface area contributed by atoms with Crippen molar-refractivity contribution >= 4 is 17.7 Å². The van der Waals surface area contributed by atoms with E-state index < -0.39 is 5.97 Å². The summed E-state index contributed by atoms with van der Waals surface area (Å²) in [5, 5.41) is 16.2. The van der Waals surface area contributed by atoms with Gasteiger partial charge in [-0.05, 0) is 18.4 Å². The highest BCUT2D eigenvalue weighted by Gasteiger charge is 2.24. The van der Waals surface area contributed by atoms with Crippen LogP contribution in [0.25, 0.3) is 0 Å². The molecular formula is C20H27N5O3. The third-order valence-electron chi connectivity index (χ3n) is 4.98. The van der Waals surface area contributed by atoms with Gasteiger partial charge in [0.05, 0.1) is 11.9 Å². The van der Waals surface area contributed by atoms with E-state index >= 15 is 0 Å². The number of amides is 2. The molecule has 8 nitrogen and oxygen atoms in total. The normalized spacial score (nSPS) is 15.3. The highest BCUT2D eigenvalue weighted by molar-refractivity contribution is 5.75. The topological polar surface area (TPSA) is 90.7 Å². The number of carbonyl (C=O) groups is 2. The zero-order valence-electron chi connectivity index (χ0n) is 16.1. The standard InChI is InChI=1S/C20H27N5O3/c1-23-15-18(14-21-23)24-9-11-25(12-10-24)20(28)22-17(7-8-19(26)27)13-16-5-3-2-4-6-16/h2-6,14-15,17H,7-13H2,1H3,(H,22,28)(H,26,27). The summed E-state index contributed by atoms with van der Waals surface area (Å²) in [6, 6.07) is 9.49. The van der Waals surface area contributed by atoms with Crippen LogP contribution in [0.4, 0.5) is 10.5 Å². The number of nitrogens with one attached hydrogen (secondary N) is 1. The molecule has 1 atom stereocenters. The van der Waals surface area contributed by atoms with Crippen molar-refractivity contribution < 1.29 is 14.7 Å². The van der Waals surface area contributed by atoms with E-state index in [0.29, 0.717) is 25.9 Å². The van der Waals surface area contributed by atoms with Gasteiger partial charge in [-0.25, -0.2) is 4.79 Å². The largest absolute Gasteiger partial charge is 0.481 e. The number of rotatable bonds is 7. The Morgan fingerprint density at radius 1 is 1.18 bits per heavy atom. The third kappa shape index (κ3) is 5.48. The van der Waals surface area contributed by atoms with Crippen LogP contribution in [-0.2, 0) is 18.3 Å². The van der Waals surface area contributed by atoms with Crippen LogP contribution in [0.5, 0.6) is 0 Å². The van der Waals surface area contributed by atoms with Gasteiger partial charge in [-0.1, -0.05) is 30.3 Å². The van der Waals surface area contributed by atoms with Gasteiger partial charge in [-0.3, -0.25) is 9.48 Å². The molecule has 1 aliphatic rings. The maximum absolute atomic E-state index is 12.7. The molecule has 3 rings (SSSR count). The first kappa shape index (κ1) is 19.7. The fourth-order valence-electron chi connectivity index (χ4n) is 3.43. The van der Waals surface area contributed by atoms with Crippen molar-refractivity contribution in [1.82, 2.24) is 20.0 Å². The van der Waals surface area contributed by atoms with Gasteiger partial charge in [0.15, 0.2) is 0 Å². The molecule has 2 amide bonds. The van der Waals surface area contributed by atoms with E-state index in [0.717, 1.165) is 24.3 Å². The maximum Gasteiger partial charge on any atom is 0.317 e. The molecule has 8 heteroatoms. The molecule has 1 fully saturated rings. The summed E-state index contributed by atoms with van der Waals surface area (Å²) in [6.45, 7) is 2.74. The summed E-state index contributed by atoms with van der Waals surface area (Å²) in [6.07, 6.45) is 4.86. The minimum absolute atomic E-state index is 0.0343. The predicted octanol–water partition coefficient (Wildman–Crippen LogP) is 1.73. The number of urea groups is 1. The Balaban J connectivity index is 1.54. The first-order chi connectivity index (χ1) is 13.5. The molecule has 0 bridgehead atoms. The van der Waals surface area contributed by atoms with Crippen molar-refractivity contribution in [1.29, 1.82) is 0 Å². The number of carboxylic acids is 1. The van der Waals surface area contributed by atoms with Crippen LogP contribution in [-0.4, -0.2) is 64.0 Å². The van der Waals surface area contributed by atoms with Crippen molar-refractivity contribution in [2.24, 2.45) is 7.05 Å². The highest BCUT2D eigenvalue weighted by atomic mass is 16.4. The van der Waals surface area contributed by atoms with Gasteiger partial charge in [0.1, 0.15) is 0 Å². The summed E-state index contributed by atoms with van der Waals surface area (Å²) >= 11 is 0. The molecule has 1 aliphatic heterocycles. The van der Waals surface area contributed by atoms with E-state index in [-0.39, 0.29) is 18.5 Å². The van der Waals surface area contributed by atoms with Gasteiger partial charge in [0.2, 0.25) is 0 Å². The number of aromatic nitrogens is 2. The number of nitrogens with zero attached hydrogens (tertiary/aromatic N) is 4. The summed E-state index contributed by atoms with van der Waals surface area (Å²) in [7, 11) is 1.89. The number of benzene rings is 1. The zero-order chi connectivity index (χ0) is 19.9. The highest BCUT2D eigenvalue weighted by Crippen LogP contribution is 2.15. The first-order valence-corrected chi connectivity index (χ1v) is 9.56. The second-order valence-corrected chi connectivity index (χ2v) is 7.11. The van der Waals surface area contributed by atoms with Gasteiger partial charge in [0.25, 0.3) is 0 Å². The molecule has 28 heavy (non-hydrogen) atoms. The van der Waals surface area contributed by atoms with Gasteiger partial charge in [0, 0.05) is 51.9 Å². The number of anilines is 1. The van der Waals surface area contributed by atoms with E-state index in [1.807, 2.05) is 49.8 Å². The maximum atomic E-state index is 12.7. The SMILES string of the molecule is Cn1cc(N2CCN(C(=O)NC(CCC(=O)O)Cc3ccccc3)CC2)cn1. The van der Waals surface area contributed by atoms with Gasteiger partial charge < -0.3 is 20.2 Å². The average Bonchev–Trinajstić information content (AvgIpc) is 3.13. The molecule has 1 aromatic carbocycles.